The Bertz CT molecular complexity index is 985. The summed E-state index contributed by atoms with van der Waals surface area (Å²) in [5.74, 6) is -1.85. The van der Waals surface area contributed by atoms with Crippen LogP contribution in [0, 0.1) is 0 Å². The summed E-state index contributed by atoms with van der Waals surface area (Å²) in [4.78, 5) is 28.9. The quantitative estimate of drug-likeness (QED) is 0.479. The first-order valence-electron chi connectivity index (χ1n) is 9.23. The summed E-state index contributed by atoms with van der Waals surface area (Å²) in [6.45, 7) is 0.763. The van der Waals surface area contributed by atoms with Gasteiger partial charge in [0.05, 0.1) is 18.2 Å². The lowest BCUT2D eigenvalue weighted by atomic mass is 10.0. The lowest BCUT2D eigenvalue weighted by Crippen LogP contribution is -2.45. The smallest absolute Gasteiger partial charge is 0.432 e. The van der Waals surface area contributed by atoms with E-state index in [1.165, 1.54) is 6.07 Å². The minimum absolute atomic E-state index is 0.0505. The molecule has 1 aromatic carbocycles. The fraction of sp³-hybridized carbons (Fsp3) is 0.474. The zero-order valence-corrected chi connectivity index (χ0v) is 17.0. The van der Waals surface area contributed by atoms with E-state index in [1.807, 2.05) is 0 Å². The molecule has 164 valence electrons. The van der Waals surface area contributed by atoms with Crippen molar-refractivity contribution < 1.29 is 32.2 Å². The SMILES string of the molecule is CNCC(C(=O)Oc1cc2c(c3c(C(=O)OC)c(C(F)(F)F)[nH]c13)CCN2)N(C)C. The highest BCUT2D eigenvalue weighted by atomic mass is 19.4. The highest BCUT2D eigenvalue weighted by Crippen LogP contribution is 2.44. The van der Waals surface area contributed by atoms with Gasteiger partial charge in [0, 0.05) is 30.2 Å². The molecule has 0 radical (unpaired) electrons. The first kappa shape index (κ1) is 21.9. The maximum Gasteiger partial charge on any atom is 0.432 e. The number of nitrogens with one attached hydrogen (secondary N) is 3. The number of anilines is 1. The van der Waals surface area contributed by atoms with Gasteiger partial charge in [-0.05, 0) is 33.1 Å². The van der Waals surface area contributed by atoms with E-state index in [0.29, 0.717) is 24.2 Å². The molecule has 11 heteroatoms. The molecule has 1 atom stereocenters. The van der Waals surface area contributed by atoms with Crippen molar-refractivity contribution in [1.29, 1.82) is 0 Å². The zero-order chi connectivity index (χ0) is 22.2. The van der Waals surface area contributed by atoms with E-state index in [1.54, 1.807) is 26.0 Å². The Hall–Kier alpha value is -2.79. The normalized spacial score (nSPS) is 14.5. The second-order valence-electron chi connectivity index (χ2n) is 7.15. The van der Waals surface area contributed by atoms with Crippen molar-refractivity contribution in [3.05, 3.63) is 22.9 Å². The summed E-state index contributed by atoms with van der Waals surface area (Å²) in [7, 11) is 6.07. The van der Waals surface area contributed by atoms with E-state index in [4.69, 9.17) is 4.74 Å². The molecule has 0 saturated carbocycles. The molecule has 0 spiro atoms. The van der Waals surface area contributed by atoms with Crippen LogP contribution in [0.2, 0.25) is 0 Å². The number of aromatic nitrogens is 1. The molecular formula is C19H23F3N4O4. The lowest BCUT2D eigenvalue weighted by Gasteiger charge is -2.22. The van der Waals surface area contributed by atoms with E-state index in [0.717, 1.165) is 7.11 Å². The van der Waals surface area contributed by atoms with Crippen LogP contribution in [0.5, 0.6) is 5.75 Å². The number of hydrogen-bond acceptors (Lipinski definition) is 7. The number of H-pyrrole nitrogens is 1. The van der Waals surface area contributed by atoms with Gasteiger partial charge in [-0.1, -0.05) is 0 Å². The predicted molar refractivity (Wildman–Crippen MR) is 104 cm³/mol. The van der Waals surface area contributed by atoms with Crippen LogP contribution in [-0.4, -0.2) is 69.2 Å². The number of esters is 2. The number of benzene rings is 1. The van der Waals surface area contributed by atoms with Gasteiger partial charge in [0.2, 0.25) is 0 Å². The number of ether oxygens (including phenoxy) is 2. The third kappa shape index (κ3) is 3.82. The molecule has 30 heavy (non-hydrogen) atoms. The molecule has 0 aliphatic carbocycles. The van der Waals surface area contributed by atoms with Crippen LogP contribution >= 0.6 is 0 Å². The number of fused-ring (bicyclic) bond motifs is 3. The van der Waals surface area contributed by atoms with Crippen molar-refractivity contribution in [2.45, 2.75) is 18.6 Å². The van der Waals surface area contributed by atoms with Gasteiger partial charge < -0.3 is 25.1 Å². The minimum atomic E-state index is -4.83. The zero-order valence-electron chi connectivity index (χ0n) is 17.0. The van der Waals surface area contributed by atoms with Gasteiger partial charge >= 0.3 is 18.1 Å². The van der Waals surface area contributed by atoms with Crippen LogP contribution in [0.1, 0.15) is 21.6 Å². The minimum Gasteiger partial charge on any atom is -0.465 e. The third-order valence-electron chi connectivity index (χ3n) is 5.02. The van der Waals surface area contributed by atoms with Crippen LogP contribution in [0.3, 0.4) is 0 Å². The van der Waals surface area contributed by atoms with E-state index in [-0.39, 0.29) is 23.2 Å². The van der Waals surface area contributed by atoms with Gasteiger partial charge in [-0.2, -0.15) is 13.2 Å². The molecule has 8 nitrogen and oxygen atoms in total. The third-order valence-corrected chi connectivity index (χ3v) is 5.02. The summed E-state index contributed by atoms with van der Waals surface area (Å²) < 4.78 is 51.2. The van der Waals surface area contributed by atoms with Gasteiger partial charge in [0.15, 0.2) is 5.75 Å². The summed E-state index contributed by atoms with van der Waals surface area (Å²) in [5, 5.41) is 5.98. The molecule has 1 unspecified atom stereocenters. The highest BCUT2D eigenvalue weighted by Gasteiger charge is 2.41. The molecule has 0 saturated heterocycles. The Kier molecular flexibility index (Phi) is 5.95. The number of hydrogen-bond donors (Lipinski definition) is 3. The number of carbonyl (C=O) groups is 2. The Morgan fingerprint density at radius 1 is 1.33 bits per heavy atom. The van der Waals surface area contributed by atoms with Crippen molar-refractivity contribution in [2.24, 2.45) is 0 Å². The summed E-state index contributed by atoms with van der Waals surface area (Å²) in [6, 6.07) is 0.815. The van der Waals surface area contributed by atoms with Crippen molar-refractivity contribution >= 4 is 28.5 Å². The maximum absolute atomic E-state index is 13.7. The van der Waals surface area contributed by atoms with Crippen molar-refractivity contribution in [3.63, 3.8) is 0 Å². The monoisotopic (exact) mass is 428 g/mol. The molecular weight excluding hydrogens is 405 g/mol. The Labute approximate surface area is 170 Å². The second-order valence-corrected chi connectivity index (χ2v) is 7.15. The van der Waals surface area contributed by atoms with E-state index in [2.05, 4.69) is 20.4 Å². The maximum atomic E-state index is 13.7. The fourth-order valence-corrected chi connectivity index (χ4v) is 3.60. The first-order chi connectivity index (χ1) is 14.1. The highest BCUT2D eigenvalue weighted by molar-refractivity contribution is 6.11. The lowest BCUT2D eigenvalue weighted by molar-refractivity contribution is -0.141. The van der Waals surface area contributed by atoms with Gasteiger partial charge in [0.1, 0.15) is 11.7 Å². The number of likely N-dealkylation sites (N-methyl/N-ethyl adjacent to an activating group) is 2. The van der Waals surface area contributed by atoms with Crippen molar-refractivity contribution in [1.82, 2.24) is 15.2 Å². The van der Waals surface area contributed by atoms with E-state index < -0.39 is 35.4 Å². The van der Waals surface area contributed by atoms with Crippen LogP contribution in [-0.2, 0) is 22.1 Å². The second kappa shape index (κ2) is 8.15. The molecule has 1 aliphatic rings. The summed E-state index contributed by atoms with van der Waals surface area (Å²) in [5.41, 5.74) is -0.867. The van der Waals surface area contributed by atoms with E-state index >= 15 is 0 Å². The number of alkyl halides is 3. The predicted octanol–water partition coefficient (Wildman–Crippen LogP) is 2.00. The van der Waals surface area contributed by atoms with Crippen molar-refractivity contribution in [3.8, 4) is 5.75 Å². The van der Waals surface area contributed by atoms with Crippen LogP contribution in [0.4, 0.5) is 18.9 Å². The Morgan fingerprint density at radius 2 is 2.03 bits per heavy atom. The van der Waals surface area contributed by atoms with E-state index in [9.17, 15) is 22.8 Å². The van der Waals surface area contributed by atoms with Crippen LogP contribution in [0.15, 0.2) is 6.07 Å². The molecule has 0 amide bonds. The molecule has 3 N–H and O–H groups in total. The molecule has 0 bridgehead atoms. The molecule has 2 heterocycles. The molecule has 1 aliphatic heterocycles. The Balaban J connectivity index is 2.22. The first-order valence-corrected chi connectivity index (χ1v) is 9.23. The average Bonchev–Trinajstić information content (AvgIpc) is 3.28. The average molecular weight is 428 g/mol. The van der Waals surface area contributed by atoms with Crippen molar-refractivity contribution in [2.75, 3.05) is 46.7 Å². The fourth-order valence-electron chi connectivity index (χ4n) is 3.60. The van der Waals surface area contributed by atoms with Crippen LogP contribution < -0.4 is 15.4 Å². The van der Waals surface area contributed by atoms with Gasteiger partial charge in [0.25, 0.3) is 0 Å². The number of carbonyl (C=O) groups excluding carboxylic acids is 2. The molecule has 1 aromatic heterocycles. The molecule has 2 aromatic rings. The molecule has 3 rings (SSSR count). The Morgan fingerprint density at radius 3 is 2.60 bits per heavy atom. The summed E-state index contributed by atoms with van der Waals surface area (Å²) >= 11 is 0. The number of methoxy groups -OCH3 is 1. The number of rotatable bonds is 6. The largest absolute Gasteiger partial charge is 0.465 e. The number of nitrogens with zero attached hydrogens (tertiary/aromatic N) is 1. The van der Waals surface area contributed by atoms with Crippen LogP contribution in [0.25, 0.3) is 10.9 Å². The standard InChI is InChI=1S/C19H23F3N4O4/c1-23-8-11(26(2)3)17(27)30-12-7-10-9(5-6-24-10)13-14(18(28)29-4)16(19(20,21)22)25-15(12)13/h7,11,23-25H,5-6,8H2,1-4H3. The van der Waals surface area contributed by atoms with Gasteiger partial charge in [-0.25, -0.2) is 9.59 Å². The number of aromatic amines is 1. The van der Waals surface area contributed by atoms with Gasteiger partial charge in [-0.15, -0.1) is 0 Å². The summed E-state index contributed by atoms with van der Waals surface area (Å²) in [6.07, 6.45) is -4.42. The molecule has 0 fully saturated rings. The number of halogens is 3. The van der Waals surface area contributed by atoms with Gasteiger partial charge in [-0.3, -0.25) is 4.90 Å². The topological polar surface area (TPSA) is 95.7 Å².